The number of benzene rings is 1. The monoisotopic (exact) mass is 280 g/mol. The van der Waals surface area contributed by atoms with Gasteiger partial charge in [0.1, 0.15) is 6.33 Å². The third kappa shape index (κ3) is 1.77. The van der Waals surface area contributed by atoms with Crippen molar-refractivity contribution in [2.75, 3.05) is 0 Å². The highest BCUT2D eigenvalue weighted by molar-refractivity contribution is 6.36. The summed E-state index contributed by atoms with van der Waals surface area (Å²) >= 11 is 11.9. The highest BCUT2D eigenvalue weighted by Gasteiger charge is 2.11. The average molecular weight is 281 g/mol. The Morgan fingerprint density at radius 1 is 1.17 bits per heavy atom. The van der Waals surface area contributed by atoms with Crippen molar-refractivity contribution in [3.63, 3.8) is 0 Å². The molecule has 2 heterocycles. The fraction of sp³-hybridized carbons (Fsp3) is 0. The van der Waals surface area contributed by atoms with E-state index in [0.717, 1.165) is 0 Å². The van der Waals surface area contributed by atoms with Crippen LogP contribution in [0.2, 0.25) is 10.0 Å². The van der Waals surface area contributed by atoms with Gasteiger partial charge in [0.05, 0.1) is 10.7 Å². The van der Waals surface area contributed by atoms with Crippen molar-refractivity contribution in [3.8, 4) is 17.3 Å². The Hall–Kier alpha value is -1.85. The second-order valence-electron chi connectivity index (χ2n) is 3.60. The third-order valence-electron chi connectivity index (χ3n) is 2.46. The van der Waals surface area contributed by atoms with E-state index in [1.807, 2.05) is 0 Å². The Kier molecular flexibility index (Phi) is 2.57. The van der Waals surface area contributed by atoms with Crippen LogP contribution in [0, 0.1) is 0 Å². The maximum Gasteiger partial charge on any atom is 0.317 e. The highest BCUT2D eigenvalue weighted by atomic mass is 35.5. The number of rotatable bonds is 1. The standard InChI is InChI=1S/C11H6Cl2N4O/c12-6-1-2-7(8(13)3-6)9-4-10-14-5-15-17(10)11(18)16-9/h1-5H,(H,16,18). The fourth-order valence-electron chi connectivity index (χ4n) is 1.65. The highest BCUT2D eigenvalue weighted by Crippen LogP contribution is 2.30. The van der Waals surface area contributed by atoms with Gasteiger partial charge in [0, 0.05) is 16.7 Å². The smallest absolute Gasteiger partial charge is 0.317 e. The molecule has 7 heteroatoms. The first-order chi connectivity index (χ1) is 8.65. The summed E-state index contributed by atoms with van der Waals surface area (Å²) in [4.78, 5) is 8.02. The van der Waals surface area contributed by atoms with Gasteiger partial charge in [-0.05, 0) is 18.2 Å². The molecule has 2 aromatic heterocycles. The third-order valence-corrected chi connectivity index (χ3v) is 3.00. The number of aromatic hydroxyl groups is 1. The molecule has 0 spiro atoms. The summed E-state index contributed by atoms with van der Waals surface area (Å²) in [6.45, 7) is 0. The molecule has 0 saturated carbocycles. The van der Waals surface area contributed by atoms with Crippen LogP contribution in [0.25, 0.3) is 16.9 Å². The second kappa shape index (κ2) is 4.12. The Balaban J connectivity index is 2.24. The summed E-state index contributed by atoms with van der Waals surface area (Å²) in [6, 6.07) is 6.49. The quantitative estimate of drug-likeness (QED) is 0.745. The minimum atomic E-state index is -0.244. The summed E-state index contributed by atoms with van der Waals surface area (Å²) in [5.41, 5.74) is 1.67. The molecule has 0 amide bonds. The van der Waals surface area contributed by atoms with E-state index < -0.39 is 0 Å². The van der Waals surface area contributed by atoms with E-state index in [9.17, 15) is 5.11 Å². The number of halogens is 2. The van der Waals surface area contributed by atoms with Crippen LogP contribution in [0.1, 0.15) is 0 Å². The Labute approximate surface area is 112 Å². The number of aromatic nitrogens is 4. The summed E-state index contributed by atoms with van der Waals surface area (Å²) in [5.74, 6) is 0. The zero-order chi connectivity index (χ0) is 12.7. The summed E-state index contributed by atoms with van der Waals surface area (Å²) in [5, 5.41) is 14.6. The summed E-state index contributed by atoms with van der Waals surface area (Å²) in [7, 11) is 0. The van der Waals surface area contributed by atoms with E-state index in [1.165, 1.54) is 10.8 Å². The van der Waals surface area contributed by atoms with Gasteiger partial charge in [-0.15, -0.1) is 0 Å². The van der Waals surface area contributed by atoms with Crippen LogP contribution in [-0.4, -0.2) is 24.7 Å². The molecule has 3 rings (SSSR count). The van der Waals surface area contributed by atoms with Gasteiger partial charge < -0.3 is 5.11 Å². The molecule has 0 bridgehead atoms. The molecular formula is C11H6Cl2N4O. The average Bonchev–Trinajstić information content (AvgIpc) is 2.77. The lowest BCUT2D eigenvalue weighted by Crippen LogP contribution is -1.94. The van der Waals surface area contributed by atoms with Gasteiger partial charge in [-0.25, -0.2) is 4.98 Å². The molecular weight excluding hydrogens is 275 g/mol. The molecule has 0 aliphatic heterocycles. The van der Waals surface area contributed by atoms with Crippen molar-refractivity contribution in [2.45, 2.75) is 0 Å². The summed E-state index contributed by atoms with van der Waals surface area (Å²) < 4.78 is 1.23. The van der Waals surface area contributed by atoms with Crippen LogP contribution >= 0.6 is 23.2 Å². The minimum Gasteiger partial charge on any atom is -0.479 e. The maximum atomic E-state index is 9.73. The molecule has 18 heavy (non-hydrogen) atoms. The van der Waals surface area contributed by atoms with Crippen LogP contribution in [0.15, 0.2) is 30.6 Å². The molecule has 0 saturated heterocycles. The summed E-state index contributed by atoms with van der Waals surface area (Å²) in [6.07, 6.45) is 1.34. The normalized spacial score (nSPS) is 11.0. The molecule has 90 valence electrons. The van der Waals surface area contributed by atoms with Crippen molar-refractivity contribution < 1.29 is 5.11 Å². The van der Waals surface area contributed by atoms with Crippen molar-refractivity contribution in [1.82, 2.24) is 19.6 Å². The molecule has 0 radical (unpaired) electrons. The maximum absolute atomic E-state index is 9.73. The van der Waals surface area contributed by atoms with E-state index in [4.69, 9.17) is 23.2 Å². The van der Waals surface area contributed by atoms with Gasteiger partial charge in [-0.2, -0.15) is 14.6 Å². The van der Waals surface area contributed by atoms with Gasteiger partial charge in [0.2, 0.25) is 0 Å². The first-order valence-electron chi connectivity index (χ1n) is 5.00. The lowest BCUT2D eigenvalue weighted by Gasteiger charge is -2.05. The molecule has 1 N–H and O–H groups in total. The predicted octanol–water partition coefficient (Wildman–Crippen LogP) is 2.80. The van der Waals surface area contributed by atoms with Gasteiger partial charge in [-0.1, -0.05) is 23.2 Å². The largest absolute Gasteiger partial charge is 0.479 e. The van der Waals surface area contributed by atoms with Gasteiger partial charge in [-0.3, -0.25) is 0 Å². The van der Waals surface area contributed by atoms with Crippen LogP contribution in [-0.2, 0) is 0 Å². The molecule has 5 nitrogen and oxygen atoms in total. The van der Waals surface area contributed by atoms with Crippen LogP contribution in [0.5, 0.6) is 6.01 Å². The van der Waals surface area contributed by atoms with E-state index >= 15 is 0 Å². The van der Waals surface area contributed by atoms with Gasteiger partial charge in [0.25, 0.3) is 0 Å². The number of hydrogen-bond acceptors (Lipinski definition) is 4. The first-order valence-corrected chi connectivity index (χ1v) is 5.76. The van der Waals surface area contributed by atoms with Crippen LogP contribution < -0.4 is 0 Å². The molecule has 0 fully saturated rings. The zero-order valence-corrected chi connectivity index (χ0v) is 10.4. The number of nitrogens with zero attached hydrogens (tertiary/aromatic N) is 4. The predicted molar refractivity (Wildman–Crippen MR) is 67.9 cm³/mol. The minimum absolute atomic E-state index is 0.244. The molecule has 0 aliphatic carbocycles. The second-order valence-corrected chi connectivity index (χ2v) is 4.44. The lowest BCUT2D eigenvalue weighted by atomic mass is 10.1. The van der Waals surface area contributed by atoms with Crippen molar-refractivity contribution >= 4 is 28.8 Å². The van der Waals surface area contributed by atoms with Gasteiger partial charge >= 0.3 is 6.01 Å². The van der Waals surface area contributed by atoms with E-state index in [2.05, 4.69) is 15.1 Å². The van der Waals surface area contributed by atoms with Crippen molar-refractivity contribution in [1.29, 1.82) is 0 Å². The lowest BCUT2D eigenvalue weighted by molar-refractivity contribution is 0.414. The Bertz CT molecular complexity index is 741. The Morgan fingerprint density at radius 3 is 2.78 bits per heavy atom. The van der Waals surface area contributed by atoms with Crippen LogP contribution in [0.3, 0.4) is 0 Å². The number of fused-ring (bicyclic) bond motifs is 1. The molecule has 0 atom stereocenters. The van der Waals surface area contributed by atoms with Crippen LogP contribution in [0.4, 0.5) is 0 Å². The molecule has 1 aromatic carbocycles. The van der Waals surface area contributed by atoms with Crippen molar-refractivity contribution in [2.24, 2.45) is 0 Å². The van der Waals surface area contributed by atoms with E-state index in [1.54, 1.807) is 24.3 Å². The zero-order valence-electron chi connectivity index (χ0n) is 8.88. The SMILES string of the molecule is Oc1nc(-c2ccc(Cl)cc2Cl)cc2ncnn12. The van der Waals surface area contributed by atoms with E-state index in [0.29, 0.717) is 26.9 Å². The Morgan fingerprint density at radius 2 is 2.00 bits per heavy atom. The molecule has 0 unspecified atom stereocenters. The van der Waals surface area contributed by atoms with E-state index in [-0.39, 0.29) is 6.01 Å². The topological polar surface area (TPSA) is 63.3 Å². The number of hydrogen-bond donors (Lipinski definition) is 1. The fourth-order valence-corrected chi connectivity index (χ4v) is 2.15. The molecule has 0 aliphatic rings. The van der Waals surface area contributed by atoms with Gasteiger partial charge in [0.15, 0.2) is 5.65 Å². The molecule has 3 aromatic rings. The van der Waals surface area contributed by atoms with Crippen molar-refractivity contribution in [3.05, 3.63) is 40.6 Å². The first kappa shape index (κ1) is 11.3.